The third-order valence-corrected chi connectivity index (χ3v) is 12.7. The summed E-state index contributed by atoms with van der Waals surface area (Å²) in [5.74, 6) is 0. The quantitative estimate of drug-likeness (QED) is 0.135. The number of aromatic nitrogens is 2. The molecule has 10 aromatic carbocycles. The van der Waals surface area contributed by atoms with Gasteiger partial charge in [-0.05, 0) is 130 Å². The van der Waals surface area contributed by atoms with Crippen LogP contribution in [0.15, 0.2) is 255 Å². The van der Waals surface area contributed by atoms with Gasteiger partial charge < -0.3 is 19.8 Å². The van der Waals surface area contributed by atoms with Crippen molar-refractivity contribution in [2.45, 2.75) is 0 Å². The number of fused-ring (bicyclic) bond motifs is 6. The average Bonchev–Trinajstić information content (AvgIpc) is 3.90. The Kier molecular flexibility index (Phi) is 9.81. The van der Waals surface area contributed by atoms with E-state index in [1.165, 1.54) is 54.8 Å². The topological polar surface area (TPSA) is 33.9 Å². The number of anilines is 4. The van der Waals surface area contributed by atoms with Crippen molar-refractivity contribution in [2.24, 2.45) is 0 Å². The predicted octanol–water partition coefficient (Wildman–Crippen LogP) is 16.4. The van der Waals surface area contributed by atoms with Crippen molar-refractivity contribution >= 4 is 77.5 Å². The second-order valence-electron chi connectivity index (χ2n) is 16.7. The lowest BCUT2D eigenvalue weighted by Crippen LogP contribution is -1.99. The summed E-state index contributed by atoms with van der Waals surface area (Å²) in [6.45, 7) is 0. The van der Waals surface area contributed by atoms with E-state index in [1.807, 2.05) is 0 Å². The van der Waals surface area contributed by atoms with E-state index in [0.29, 0.717) is 0 Å². The largest absolute Gasteiger partial charge is 0.356 e. The fourth-order valence-corrected chi connectivity index (χ4v) is 9.68. The van der Waals surface area contributed by atoms with Gasteiger partial charge in [0.15, 0.2) is 0 Å². The van der Waals surface area contributed by atoms with Crippen molar-refractivity contribution in [1.82, 2.24) is 9.13 Å². The molecule has 0 unspecified atom stereocenters. The summed E-state index contributed by atoms with van der Waals surface area (Å²) in [4.78, 5) is 0. The Bertz CT molecular complexity index is 3340. The van der Waals surface area contributed by atoms with Crippen molar-refractivity contribution in [3.05, 3.63) is 277 Å². The number of para-hydroxylation sites is 4. The van der Waals surface area contributed by atoms with Gasteiger partial charge in [-0.25, -0.2) is 0 Å². The van der Waals surface area contributed by atoms with Crippen LogP contribution in [-0.4, -0.2) is 9.13 Å². The number of nitrogens with one attached hydrogen (secondary N) is 2. The van der Waals surface area contributed by atoms with Gasteiger partial charge in [-0.15, -0.1) is 0 Å². The first-order valence-electron chi connectivity index (χ1n) is 22.5. The first kappa shape index (κ1) is 38.8. The summed E-state index contributed by atoms with van der Waals surface area (Å²) >= 11 is 0. The molecule has 66 heavy (non-hydrogen) atoms. The lowest BCUT2D eigenvalue weighted by Gasteiger charge is -2.19. The Morgan fingerprint density at radius 2 is 0.470 bits per heavy atom. The average molecular weight is 845 g/mol. The van der Waals surface area contributed by atoms with E-state index in [9.17, 15) is 0 Å². The van der Waals surface area contributed by atoms with E-state index in [4.69, 9.17) is 0 Å². The van der Waals surface area contributed by atoms with E-state index in [0.717, 1.165) is 56.4 Å². The minimum atomic E-state index is 1.02. The number of hydrogen-bond donors (Lipinski definition) is 2. The van der Waals surface area contributed by atoms with Crippen molar-refractivity contribution in [3.63, 3.8) is 0 Å². The van der Waals surface area contributed by atoms with E-state index in [-0.39, 0.29) is 0 Å². The molecule has 0 bridgehead atoms. The number of rotatable bonds is 10. The van der Waals surface area contributed by atoms with Crippen LogP contribution in [0.1, 0.15) is 22.3 Å². The van der Waals surface area contributed by atoms with Gasteiger partial charge >= 0.3 is 0 Å². The molecule has 0 spiro atoms. The minimum absolute atomic E-state index is 1.02. The Balaban J connectivity index is 0.843. The molecule has 0 saturated heterocycles. The molecule has 2 N–H and O–H groups in total. The molecule has 2 aromatic heterocycles. The standard InChI is InChI=1S/C62H44N4/c1-3-15-43(16-4-1)61(45-27-31-47(32-28-45)63-49-35-39-51(40-36-49)65-57-23-11-7-19-53(57)54-20-8-12-24-58(54)65)62(44-17-5-2-6-18-44)46-29-33-48(34-30-46)64-50-37-41-52(42-38-50)66-59-25-13-9-21-55(59)56-22-10-14-26-60(56)66/h1-42,63-64H. The number of nitrogens with zero attached hydrogens (tertiary/aromatic N) is 2. The predicted molar refractivity (Wildman–Crippen MR) is 279 cm³/mol. The summed E-state index contributed by atoms with van der Waals surface area (Å²) in [6.07, 6.45) is 0. The first-order chi connectivity index (χ1) is 32.7. The molecule has 0 aliphatic heterocycles. The molecular formula is C62H44N4. The molecule has 0 saturated carbocycles. The molecule has 0 radical (unpaired) electrons. The van der Waals surface area contributed by atoms with E-state index in [1.54, 1.807) is 0 Å². The maximum atomic E-state index is 3.67. The SMILES string of the molecule is c1ccc(C(=C(c2ccccc2)c2ccc(Nc3ccc(-n4c5ccccc5c5ccccc54)cc3)cc2)c2ccc(Nc3ccc(-n4c5ccccc5c5ccccc54)cc3)cc2)cc1. The second-order valence-corrected chi connectivity index (χ2v) is 16.7. The number of benzene rings is 10. The zero-order chi connectivity index (χ0) is 43.8. The van der Waals surface area contributed by atoms with Gasteiger partial charge in [-0.1, -0.05) is 158 Å². The molecule has 312 valence electrons. The highest BCUT2D eigenvalue weighted by atomic mass is 15.0. The maximum Gasteiger partial charge on any atom is 0.0541 e. The van der Waals surface area contributed by atoms with Crippen LogP contribution in [0.3, 0.4) is 0 Å². The monoisotopic (exact) mass is 844 g/mol. The molecular weight excluding hydrogens is 801 g/mol. The molecule has 4 nitrogen and oxygen atoms in total. The van der Waals surface area contributed by atoms with Gasteiger partial charge in [-0.2, -0.15) is 0 Å². The zero-order valence-corrected chi connectivity index (χ0v) is 36.1. The highest BCUT2D eigenvalue weighted by Gasteiger charge is 2.18. The third-order valence-electron chi connectivity index (χ3n) is 12.7. The first-order valence-corrected chi connectivity index (χ1v) is 22.5. The Morgan fingerprint density at radius 1 is 0.227 bits per heavy atom. The van der Waals surface area contributed by atoms with Crippen LogP contribution in [0.4, 0.5) is 22.7 Å². The minimum Gasteiger partial charge on any atom is -0.356 e. The normalized spacial score (nSPS) is 11.9. The summed E-state index contributed by atoms with van der Waals surface area (Å²) in [5.41, 5.74) is 18.1. The lowest BCUT2D eigenvalue weighted by molar-refractivity contribution is 1.18. The fourth-order valence-electron chi connectivity index (χ4n) is 9.68. The van der Waals surface area contributed by atoms with E-state index in [2.05, 4.69) is 275 Å². The van der Waals surface area contributed by atoms with Crippen LogP contribution in [0, 0.1) is 0 Å². The van der Waals surface area contributed by atoms with Crippen LogP contribution in [0.2, 0.25) is 0 Å². The molecule has 12 aromatic rings. The van der Waals surface area contributed by atoms with E-state index >= 15 is 0 Å². The number of hydrogen-bond acceptors (Lipinski definition) is 2. The Hall–Kier alpha value is -8.86. The van der Waals surface area contributed by atoms with E-state index < -0.39 is 0 Å². The van der Waals surface area contributed by atoms with Crippen LogP contribution >= 0.6 is 0 Å². The Labute approximate surface area is 384 Å². The maximum absolute atomic E-state index is 3.67. The van der Waals surface area contributed by atoms with Gasteiger partial charge in [-0.3, -0.25) is 0 Å². The fraction of sp³-hybridized carbons (Fsp3) is 0. The summed E-state index contributed by atoms with van der Waals surface area (Å²) in [7, 11) is 0. The molecule has 0 aliphatic rings. The molecule has 0 aliphatic carbocycles. The molecule has 0 amide bonds. The highest BCUT2D eigenvalue weighted by molar-refractivity contribution is 6.10. The van der Waals surface area contributed by atoms with Crippen LogP contribution in [0.25, 0.3) is 66.1 Å². The van der Waals surface area contributed by atoms with Gasteiger partial charge in [0.2, 0.25) is 0 Å². The summed E-state index contributed by atoms with van der Waals surface area (Å²) < 4.78 is 4.70. The highest BCUT2D eigenvalue weighted by Crippen LogP contribution is 2.39. The van der Waals surface area contributed by atoms with Crippen LogP contribution < -0.4 is 10.6 Å². The van der Waals surface area contributed by atoms with Gasteiger partial charge in [0.25, 0.3) is 0 Å². The zero-order valence-electron chi connectivity index (χ0n) is 36.1. The van der Waals surface area contributed by atoms with Crippen LogP contribution in [0.5, 0.6) is 0 Å². The Morgan fingerprint density at radius 3 is 0.773 bits per heavy atom. The summed E-state index contributed by atoms with van der Waals surface area (Å²) in [5, 5.41) is 12.4. The lowest BCUT2D eigenvalue weighted by atomic mass is 9.85. The van der Waals surface area contributed by atoms with Gasteiger partial charge in [0, 0.05) is 55.7 Å². The van der Waals surface area contributed by atoms with Crippen molar-refractivity contribution in [2.75, 3.05) is 10.6 Å². The van der Waals surface area contributed by atoms with Crippen molar-refractivity contribution in [1.29, 1.82) is 0 Å². The smallest absolute Gasteiger partial charge is 0.0541 e. The van der Waals surface area contributed by atoms with Crippen molar-refractivity contribution in [3.8, 4) is 11.4 Å². The third kappa shape index (κ3) is 7.08. The molecule has 12 rings (SSSR count). The van der Waals surface area contributed by atoms with Gasteiger partial charge in [0.1, 0.15) is 0 Å². The summed E-state index contributed by atoms with van der Waals surface area (Å²) in [6, 6.07) is 91.1. The molecule has 0 fully saturated rings. The van der Waals surface area contributed by atoms with Crippen molar-refractivity contribution < 1.29 is 0 Å². The van der Waals surface area contributed by atoms with Gasteiger partial charge in [0.05, 0.1) is 22.1 Å². The molecule has 4 heteroatoms. The van der Waals surface area contributed by atoms with Crippen LogP contribution in [-0.2, 0) is 0 Å². The second kappa shape index (κ2) is 16.7. The molecule has 2 heterocycles. The molecule has 0 atom stereocenters.